The predicted molar refractivity (Wildman–Crippen MR) is 97.4 cm³/mol. The molecule has 0 saturated heterocycles. The number of hydrogen-bond acceptors (Lipinski definition) is 9. The fraction of sp³-hybridized carbons (Fsp3) is 0.600. The quantitative estimate of drug-likeness (QED) is 0.155. The summed E-state index contributed by atoms with van der Waals surface area (Å²) in [6.45, 7) is 0. The van der Waals surface area contributed by atoms with Crippen LogP contribution in [0.3, 0.4) is 0 Å². The molecule has 12 N–H and O–H groups in total. The third-order valence-corrected chi connectivity index (χ3v) is 2.96. The van der Waals surface area contributed by atoms with Crippen molar-refractivity contribution in [3.05, 3.63) is 0 Å². The van der Waals surface area contributed by atoms with E-state index in [2.05, 4.69) is 0 Å². The highest BCUT2D eigenvalue weighted by Crippen LogP contribution is 1.94. The monoisotopic (exact) mass is 441 g/mol. The molecule has 0 aromatic carbocycles. The highest BCUT2D eigenvalue weighted by molar-refractivity contribution is 5.75. The molecule has 174 valence electrons. The lowest BCUT2D eigenvalue weighted by molar-refractivity contribution is -0.141. The van der Waals surface area contributed by atoms with Crippen LogP contribution in [0.2, 0.25) is 0 Å². The number of aliphatic carboxylic acids is 6. The summed E-state index contributed by atoms with van der Waals surface area (Å²) in [7, 11) is 0. The van der Waals surface area contributed by atoms with E-state index in [-0.39, 0.29) is 38.5 Å². The lowest BCUT2D eigenvalue weighted by Crippen LogP contribution is -2.30. The van der Waals surface area contributed by atoms with Crippen LogP contribution in [0.5, 0.6) is 0 Å². The molecule has 3 unspecified atom stereocenters. The van der Waals surface area contributed by atoms with Crippen LogP contribution < -0.4 is 17.2 Å². The third kappa shape index (κ3) is 24.7. The Hall–Kier alpha value is -3.30. The molecule has 15 heteroatoms. The molecule has 0 rings (SSSR count). The summed E-state index contributed by atoms with van der Waals surface area (Å²) in [6, 6.07) is -3.18. The molecule has 0 bridgehead atoms. The molecule has 0 aliphatic heterocycles. The van der Waals surface area contributed by atoms with Crippen molar-refractivity contribution in [2.24, 2.45) is 17.2 Å². The second kappa shape index (κ2) is 17.8. The van der Waals surface area contributed by atoms with Crippen LogP contribution in [0.1, 0.15) is 38.5 Å². The van der Waals surface area contributed by atoms with Gasteiger partial charge in [-0.3, -0.25) is 28.8 Å². The molecule has 0 aliphatic carbocycles. The van der Waals surface area contributed by atoms with E-state index < -0.39 is 53.9 Å². The van der Waals surface area contributed by atoms with Crippen LogP contribution in [0.15, 0.2) is 0 Å². The molecule has 0 fully saturated rings. The van der Waals surface area contributed by atoms with E-state index in [4.69, 9.17) is 47.8 Å². The molecule has 0 amide bonds. The van der Waals surface area contributed by atoms with Crippen molar-refractivity contribution in [2.75, 3.05) is 0 Å². The van der Waals surface area contributed by atoms with Gasteiger partial charge in [0.05, 0.1) is 0 Å². The van der Waals surface area contributed by atoms with Crippen molar-refractivity contribution in [3.63, 3.8) is 0 Å². The second-order valence-electron chi connectivity index (χ2n) is 5.63. The number of carbonyl (C=O) groups is 6. The van der Waals surface area contributed by atoms with Crippen molar-refractivity contribution in [1.82, 2.24) is 0 Å². The molecule has 0 aromatic heterocycles. The van der Waals surface area contributed by atoms with Gasteiger partial charge in [0.2, 0.25) is 0 Å². The first-order chi connectivity index (χ1) is 13.6. The SMILES string of the molecule is NC(CCC(=O)O)C(=O)O.NC(CCC(=O)O)C(=O)O.NC(CCC(=O)O)C(=O)O. The Morgan fingerprint density at radius 3 is 0.733 bits per heavy atom. The number of carboxylic acids is 6. The topological polar surface area (TPSA) is 302 Å². The van der Waals surface area contributed by atoms with Gasteiger partial charge in [-0.25, -0.2) is 0 Å². The van der Waals surface area contributed by atoms with E-state index in [1.807, 2.05) is 0 Å². The standard InChI is InChI=1S/3C5H9NO4/c3*6-3(5(9)10)1-2-4(7)8/h3*3H,1-2,6H2,(H,7,8)(H,9,10). The van der Waals surface area contributed by atoms with Crippen LogP contribution in [-0.2, 0) is 28.8 Å². The molecule has 3 atom stereocenters. The maximum Gasteiger partial charge on any atom is 0.320 e. The minimum atomic E-state index is -1.17. The maximum atomic E-state index is 9.99. The van der Waals surface area contributed by atoms with E-state index in [9.17, 15) is 28.8 Å². The lowest BCUT2D eigenvalue weighted by Gasteiger charge is -2.01. The number of nitrogens with two attached hydrogens (primary N) is 3. The van der Waals surface area contributed by atoms with Crippen molar-refractivity contribution in [3.8, 4) is 0 Å². The highest BCUT2D eigenvalue weighted by Gasteiger charge is 2.13. The Morgan fingerprint density at radius 1 is 0.467 bits per heavy atom. The van der Waals surface area contributed by atoms with E-state index in [1.54, 1.807) is 0 Å². The summed E-state index contributed by atoms with van der Waals surface area (Å²) >= 11 is 0. The van der Waals surface area contributed by atoms with E-state index in [0.717, 1.165) is 0 Å². The van der Waals surface area contributed by atoms with Gasteiger partial charge in [-0.2, -0.15) is 0 Å². The van der Waals surface area contributed by atoms with Crippen molar-refractivity contribution in [1.29, 1.82) is 0 Å². The second-order valence-corrected chi connectivity index (χ2v) is 5.63. The smallest absolute Gasteiger partial charge is 0.320 e. The first kappa shape index (κ1) is 31.4. The predicted octanol–water partition coefficient (Wildman–Crippen LogP) is -2.21. The van der Waals surface area contributed by atoms with Gasteiger partial charge in [0, 0.05) is 19.3 Å². The summed E-state index contributed by atoms with van der Waals surface area (Å²) in [4.78, 5) is 59.6. The van der Waals surface area contributed by atoms with Gasteiger partial charge in [0.1, 0.15) is 18.1 Å². The van der Waals surface area contributed by atoms with Gasteiger partial charge < -0.3 is 47.8 Å². The summed E-state index contributed by atoms with van der Waals surface area (Å²) in [5.74, 6) is -6.59. The van der Waals surface area contributed by atoms with Gasteiger partial charge >= 0.3 is 35.8 Å². The molecule has 0 spiro atoms. The van der Waals surface area contributed by atoms with Gasteiger partial charge in [0.15, 0.2) is 0 Å². The van der Waals surface area contributed by atoms with Crippen LogP contribution >= 0.6 is 0 Å². The van der Waals surface area contributed by atoms with Crippen molar-refractivity contribution in [2.45, 2.75) is 56.7 Å². The van der Waals surface area contributed by atoms with E-state index in [0.29, 0.717) is 0 Å². The van der Waals surface area contributed by atoms with Crippen LogP contribution in [-0.4, -0.2) is 84.6 Å². The first-order valence-corrected chi connectivity index (χ1v) is 8.22. The van der Waals surface area contributed by atoms with E-state index in [1.165, 1.54) is 0 Å². The number of rotatable bonds is 12. The van der Waals surface area contributed by atoms with E-state index >= 15 is 0 Å². The molecule has 15 nitrogen and oxygen atoms in total. The summed E-state index contributed by atoms with van der Waals surface area (Å²) < 4.78 is 0. The number of hydrogen-bond donors (Lipinski definition) is 9. The first-order valence-electron chi connectivity index (χ1n) is 8.22. The van der Waals surface area contributed by atoms with Crippen LogP contribution in [0, 0.1) is 0 Å². The van der Waals surface area contributed by atoms with Gasteiger partial charge in [-0.15, -0.1) is 0 Å². The molecule has 0 heterocycles. The van der Waals surface area contributed by atoms with Gasteiger partial charge in [-0.1, -0.05) is 0 Å². The highest BCUT2D eigenvalue weighted by atomic mass is 16.4. The summed E-state index contributed by atoms with van der Waals surface area (Å²) in [6.07, 6.45) is -0.672. The van der Waals surface area contributed by atoms with Gasteiger partial charge in [0.25, 0.3) is 0 Å². The molecular formula is C15H27N3O12. The minimum Gasteiger partial charge on any atom is -0.481 e. The third-order valence-electron chi connectivity index (χ3n) is 2.96. The summed E-state index contributed by atoms with van der Waals surface area (Å²) in [5.41, 5.74) is 15.0. The Balaban J connectivity index is -0.000000364. The zero-order chi connectivity index (χ0) is 24.4. The molecule has 0 saturated carbocycles. The maximum absolute atomic E-state index is 9.99. The Morgan fingerprint density at radius 2 is 0.633 bits per heavy atom. The lowest BCUT2D eigenvalue weighted by atomic mass is 10.2. The fourth-order valence-electron chi connectivity index (χ4n) is 1.21. The molecular weight excluding hydrogens is 414 g/mol. The largest absolute Gasteiger partial charge is 0.481 e. The average molecular weight is 441 g/mol. The molecule has 30 heavy (non-hydrogen) atoms. The van der Waals surface area contributed by atoms with Crippen molar-refractivity contribution >= 4 is 35.8 Å². The molecule has 0 aromatic rings. The minimum absolute atomic E-state index is 0.0231. The Bertz CT molecular complexity index is 515. The van der Waals surface area contributed by atoms with Crippen LogP contribution in [0.4, 0.5) is 0 Å². The Kier molecular flexibility index (Phi) is 18.6. The van der Waals surface area contributed by atoms with Crippen molar-refractivity contribution < 1.29 is 59.4 Å². The summed E-state index contributed by atoms with van der Waals surface area (Å²) in [5, 5.41) is 48.8. The average Bonchev–Trinajstić information content (AvgIpc) is 2.62. The molecule has 0 radical (unpaired) electrons. The number of carboxylic acid groups (broad SMARTS) is 6. The molecule has 0 aliphatic rings. The van der Waals surface area contributed by atoms with Gasteiger partial charge in [-0.05, 0) is 19.3 Å². The Labute approximate surface area is 170 Å². The normalized spacial score (nSPS) is 12.5. The zero-order valence-electron chi connectivity index (χ0n) is 15.8. The zero-order valence-corrected chi connectivity index (χ0v) is 15.8. The fourth-order valence-corrected chi connectivity index (χ4v) is 1.21. The van der Waals surface area contributed by atoms with Crippen LogP contribution in [0.25, 0.3) is 0 Å².